The van der Waals surface area contributed by atoms with E-state index in [0.717, 1.165) is 37.6 Å². The van der Waals surface area contributed by atoms with E-state index in [-0.39, 0.29) is 0 Å². The number of rotatable bonds is 3. The number of benzene rings is 1. The van der Waals surface area contributed by atoms with Crippen LogP contribution in [0.25, 0.3) is 0 Å². The Morgan fingerprint density at radius 3 is 2.50 bits per heavy atom. The van der Waals surface area contributed by atoms with Crippen LogP contribution in [0.2, 0.25) is 5.02 Å². The van der Waals surface area contributed by atoms with Crippen molar-refractivity contribution in [1.82, 2.24) is 10.2 Å². The molecule has 1 aromatic rings. The molecule has 0 amide bonds. The van der Waals surface area contributed by atoms with Crippen molar-refractivity contribution < 1.29 is 0 Å². The van der Waals surface area contributed by atoms with Gasteiger partial charge in [-0.25, -0.2) is 0 Å². The van der Waals surface area contributed by atoms with Crippen molar-refractivity contribution in [2.75, 3.05) is 26.2 Å². The molecule has 1 N–H and O–H groups in total. The Bertz CT molecular complexity index is 317. The van der Waals surface area contributed by atoms with Gasteiger partial charge in [-0.1, -0.05) is 23.7 Å². The van der Waals surface area contributed by atoms with Crippen LogP contribution in [0.4, 0.5) is 0 Å². The monoisotopic (exact) mass is 238 g/mol. The van der Waals surface area contributed by atoms with Crippen molar-refractivity contribution in [2.24, 2.45) is 0 Å². The summed E-state index contributed by atoms with van der Waals surface area (Å²) >= 11 is 5.88. The second kappa shape index (κ2) is 5.67. The molecule has 1 heterocycles. The molecule has 1 saturated heterocycles. The second-order valence-electron chi connectivity index (χ2n) is 4.47. The molecule has 1 unspecified atom stereocenters. The lowest BCUT2D eigenvalue weighted by Crippen LogP contribution is -2.48. The Morgan fingerprint density at radius 2 is 1.88 bits per heavy atom. The van der Waals surface area contributed by atoms with Gasteiger partial charge in [0, 0.05) is 37.2 Å². The van der Waals surface area contributed by atoms with Gasteiger partial charge in [0.2, 0.25) is 0 Å². The lowest BCUT2D eigenvalue weighted by atomic mass is 10.1. The van der Waals surface area contributed by atoms with Crippen LogP contribution in [-0.4, -0.2) is 37.1 Å². The van der Waals surface area contributed by atoms with Crippen LogP contribution in [0.3, 0.4) is 0 Å². The highest BCUT2D eigenvalue weighted by Crippen LogP contribution is 2.13. The number of nitrogens with zero attached hydrogens (tertiary/aromatic N) is 1. The molecule has 2 nitrogen and oxygen atoms in total. The number of hydrogen-bond donors (Lipinski definition) is 1. The SMILES string of the molecule is CC(Cc1ccc(Cl)cc1)N1CCNCC1. The Labute approximate surface area is 103 Å². The van der Waals surface area contributed by atoms with Crippen molar-refractivity contribution in [3.63, 3.8) is 0 Å². The van der Waals surface area contributed by atoms with Crippen LogP contribution >= 0.6 is 11.6 Å². The molecule has 1 atom stereocenters. The van der Waals surface area contributed by atoms with Crippen molar-refractivity contribution in [1.29, 1.82) is 0 Å². The van der Waals surface area contributed by atoms with Gasteiger partial charge in [0.05, 0.1) is 0 Å². The van der Waals surface area contributed by atoms with E-state index in [4.69, 9.17) is 11.6 Å². The van der Waals surface area contributed by atoms with Gasteiger partial charge in [-0.3, -0.25) is 4.90 Å². The first-order valence-corrected chi connectivity index (χ1v) is 6.33. The van der Waals surface area contributed by atoms with Crippen LogP contribution in [0.1, 0.15) is 12.5 Å². The molecule has 0 spiro atoms. The topological polar surface area (TPSA) is 15.3 Å². The molecular weight excluding hydrogens is 220 g/mol. The third-order valence-corrected chi connectivity index (χ3v) is 3.47. The first-order valence-electron chi connectivity index (χ1n) is 5.95. The summed E-state index contributed by atoms with van der Waals surface area (Å²) in [5.74, 6) is 0. The third-order valence-electron chi connectivity index (χ3n) is 3.22. The second-order valence-corrected chi connectivity index (χ2v) is 4.90. The van der Waals surface area contributed by atoms with E-state index >= 15 is 0 Å². The highest BCUT2D eigenvalue weighted by Gasteiger charge is 2.16. The van der Waals surface area contributed by atoms with Gasteiger partial charge in [-0.2, -0.15) is 0 Å². The zero-order valence-electron chi connectivity index (χ0n) is 9.75. The van der Waals surface area contributed by atoms with E-state index in [0.29, 0.717) is 6.04 Å². The standard InChI is InChI=1S/C13H19ClN2/c1-11(16-8-6-15-7-9-16)10-12-2-4-13(14)5-3-12/h2-5,11,15H,6-10H2,1H3. The molecule has 0 saturated carbocycles. The van der Waals surface area contributed by atoms with E-state index < -0.39 is 0 Å². The largest absolute Gasteiger partial charge is 0.314 e. The fraction of sp³-hybridized carbons (Fsp3) is 0.538. The van der Waals surface area contributed by atoms with Crippen LogP contribution in [0.15, 0.2) is 24.3 Å². The highest BCUT2D eigenvalue weighted by atomic mass is 35.5. The number of halogens is 1. The van der Waals surface area contributed by atoms with Gasteiger partial charge in [0.25, 0.3) is 0 Å². The lowest BCUT2D eigenvalue weighted by Gasteiger charge is -2.32. The molecule has 1 aliphatic heterocycles. The predicted molar refractivity (Wildman–Crippen MR) is 69.1 cm³/mol. The van der Waals surface area contributed by atoms with Crippen LogP contribution in [0, 0.1) is 0 Å². The van der Waals surface area contributed by atoms with E-state index in [1.165, 1.54) is 5.56 Å². The normalized spacial score (nSPS) is 19.6. The minimum Gasteiger partial charge on any atom is -0.314 e. The zero-order chi connectivity index (χ0) is 11.4. The molecular formula is C13H19ClN2. The maximum absolute atomic E-state index is 5.88. The summed E-state index contributed by atoms with van der Waals surface area (Å²) in [5, 5.41) is 4.20. The molecule has 3 heteroatoms. The van der Waals surface area contributed by atoms with Crippen LogP contribution in [-0.2, 0) is 6.42 Å². The molecule has 2 rings (SSSR count). The maximum Gasteiger partial charge on any atom is 0.0406 e. The molecule has 16 heavy (non-hydrogen) atoms. The minimum absolute atomic E-state index is 0.614. The minimum atomic E-state index is 0.614. The van der Waals surface area contributed by atoms with Gasteiger partial charge in [0.15, 0.2) is 0 Å². The number of nitrogens with one attached hydrogen (secondary N) is 1. The van der Waals surface area contributed by atoms with Gasteiger partial charge >= 0.3 is 0 Å². The number of piperazine rings is 1. The Kier molecular flexibility index (Phi) is 4.22. The maximum atomic E-state index is 5.88. The first kappa shape index (κ1) is 11.9. The molecule has 88 valence electrons. The Hall–Kier alpha value is -0.570. The van der Waals surface area contributed by atoms with Crippen molar-refractivity contribution in [3.8, 4) is 0 Å². The molecule has 1 aliphatic rings. The molecule has 1 aromatic carbocycles. The van der Waals surface area contributed by atoms with Crippen LogP contribution in [0.5, 0.6) is 0 Å². The average Bonchev–Trinajstić information content (AvgIpc) is 2.33. The van der Waals surface area contributed by atoms with Crippen molar-refractivity contribution >= 4 is 11.6 Å². The van der Waals surface area contributed by atoms with Crippen molar-refractivity contribution in [3.05, 3.63) is 34.9 Å². The third kappa shape index (κ3) is 3.21. The summed E-state index contributed by atoms with van der Waals surface area (Å²) in [5.41, 5.74) is 1.37. The number of hydrogen-bond acceptors (Lipinski definition) is 2. The predicted octanol–water partition coefficient (Wildman–Crippen LogP) is 2.18. The fourth-order valence-electron chi connectivity index (χ4n) is 2.21. The summed E-state index contributed by atoms with van der Waals surface area (Å²) in [6, 6.07) is 8.81. The smallest absolute Gasteiger partial charge is 0.0406 e. The quantitative estimate of drug-likeness (QED) is 0.869. The highest BCUT2D eigenvalue weighted by molar-refractivity contribution is 6.30. The summed E-state index contributed by atoms with van der Waals surface area (Å²) in [4.78, 5) is 2.55. The summed E-state index contributed by atoms with van der Waals surface area (Å²) < 4.78 is 0. The zero-order valence-corrected chi connectivity index (χ0v) is 10.5. The average molecular weight is 239 g/mol. The Morgan fingerprint density at radius 1 is 1.25 bits per heavy atom. The molecule has 1 fully saturated rings. The summed E-state index contributed by atoms with van der Waals surface area (Å²) in [7, 11) is 0. The van der Waals surface area contributed by atoms with Gasteiger partial charge in [-0.15, -0.1) is 0 Å². The van der Waals surface area contributed by atoms with Crippen LogP contribution < -0.4 is 5.32 Å². The molecule has 0 aromatic heterocycles. The Balaban J connectivity index is 1.90. The summed E-state index contributed by atoms with van der Waals surface area (Å²) in [6.45, 7) is 6.86. The first-order chi connectivity index (χ1) is 7.75. The van der Waals surface area contributed by atoms with E-state index in [1.807, 2.05) is 12.1 Å². The van der Waals surface area contributed by atoms with Crippen molar-refractivity contribution in [2.45, 2.75) is 19.4 Å². The van der Waals surface area contributed by atoms with Gasteiger partial charge in [-0.05, 0) is 31.0 Å². The molecule has 0 aliphatic carbocycles. The lowest BCUT2D eigenvalue weighted by molar-refractivity contribution is 0.183. The summed E-state index contributed by atoms with van der Waals surface area (Å²) in [6.07, 6.45) is 1.11. The van der Waals surface area contributed by atoms with E-state index in [2.05, 4.69) is 29.3 Å². The molecule has 0 bridgehead atoms. The molecule has 0 radical (unpaired) electrons. The van der Waals surface area contributed by atoms with Gasteiger partial charge in [0.1, 0.15) is 0 Å². The van der Waals surface area contributed by atoms with E-state index in [9.17, 15) is 0 Å². The van der Waals surface area contributed by atoms with E-state index in [1.54, 1.807) is 0 Å². The van der Waals surface area contributed by atoms with Gasteiger partial charge < -0.3 is 5.32 Å². The fourth-order valence-corrected chi connectivity index (χ4v) is 2.34.